The maximum absolute atomic E-state index is 6.04. The summed E-state index contributed by atoms with van der Waals surface area (Å²) in [7, 11) is 0. The van der Waals surface area contributed by atoms with Crippen LogP contribution < -0.4 is 10.6 Å². The fourth-order valence-corrected chi connectivity index (χ4v) is 5.04. The van der Waals surface area contributed by atoms with Crippen LogP contribution in [0.15, 0.2) is 65.7 Å². The highest BCUT2D eigenvalue weighted by atomic mass is 32.1. The first kappa shape index (κ1) is 19.3. The first-order valence-electron chi connectivity index (χ1n) is 10.5. The third kappa shape index (κ3) is 4.12. The lowest BCUT2D eigenvalue weighted by atomic mass is 10.1. The molecule has 1 unspecified atom stereocenters. The van der Waals surface area contributed by atoms with Crippen LogP contribution in [0.25, 0.3) is 0 Å². The van der Waals surface area contributed by atoms with Gasteiger partial charge in [0, 0.05) is 4.88 Å². The second-order valence-corrected chi connectivity index (χ2v) is 9.16. The van der Waals surface area contributed by atoms with E-state index >= 15 is 0 Å². The fourth-order valence-electron chi connectivity index (χ4n) is 4.12. The van der Waals surface area contributed by atoms with E-state index in [0.717, 1.165) is 43.5 Å². The zero-order chi connectivity index (χ0) is 20.3. The summed E-state index contributed by atoms with van der Waals surface area (Å²) in [4.78, 5) is 8.84. The molecule has 1 fully saturated rings. The summed E-state index contributed by atoms with van der Waals surface area (Å²) in [5.41, 5.74) is 4.50. The Morgan fingerprint density at radius 1 is 1.17 bits per heavy atom. The number of piperazine rings is 1. The van der Waals surface area contributed by atoms with Gasteiger partial charge in [0.1, 0.15) is 23.5 Å². The van der Waals surface area contributed by atoms with Crippen molar-refractivity contribution in [3.05, 3.63) is 76.7 Å². The van der Waals surface area contributed by atoms with Crippen LogP contribution in [-0.2, 0) is 11.3 Å². The Hall–Kier alpha value is -2.67. The molecule has 0 amide bonds. The van der Waals surface area contributed by atoms with Crippen molar-refractivity contribution in [2.75, 3.05) is 31.6 Å². The number of nitrogens with zero attached hydrogens (tertiary/aromatic N) is 2. The molecule has 0 bridgehead atoms. The number of anilines is 2. The molecule has 30 heavy (non-hydrogen) atoms. The Kier molecular flexibility index (Phi) is 5.53. The second kappa shape index (κ2) is 8.60. The largest absolute Gasteiger partial charge is 0.371 e. The van der Waals surface area contributed by atoms with Gasteiger partial charge in [-0.3, -0.25) is 0 Å². The van der Waals surface area contributed by atoms with Gasteiger partial charge in [-0.15, -0.1) is 11.3 Å². The lowest BCUT2D eigenvalue weighted by Crippen LogP contribution is -2.96. The molecule has 0 aliphatic carbocycles. The Morgan fingerprint density at radius 3 is 2.90 bits per heavy atom. The lowest BCUT2D eigenvalue weighted by molar-refractivity contribution is -0.698. The molecule has 0 spiro atoms. The number of amidine groups is 1. The number of para-hydroxylation sites is 2. The van der Waals surface area contributed by atoms with Gasteiger partial charge >= 0.3 is 0 Å². The van der Waals surface area contributed by atoms with Gasteiger partial charge in [-0.2, -0.15) is 0 Å². The molecule has 0 radical (unpaired) electrons. The number of aryl methyl sites for hydroxylation is 1. The summed E-state index contributed by atoms with van der Waals surface area (Å²) >= 11 is 1.80. The summed E-state index contributed by atoms with van der Waals surface area (Å²) in [6, 6.07) is 21.3. The monoisotopic (exact) mass is 419 g/mol. The molecule has 154 valence electrons. The highest BCUT2D eigenvalue weighted by molar-refractivity contribution is 7.16. The maximum atomic E-state index is 6.04. The van der Waals surface area contributed by atoms with Gasteiger partial charge in [0.25, 0.3) is 0 Å². The molecule has 6 heteroatoms. The van der Waals surface area contributed by atoms with E-state index in [4.69, 9.17) is 9.73 Å². The van der Waals surface area contributed by atoms with Crippen molar-refractivity contribution < 1.29 is 10.1 Å². The minimum Gasteiger partial charge on any atom is -0.371 e. The number of nitrogens with one attached hydrogen (secondary N) is 1. The normalized spacial score (nSPS) is 18.1. The van der Waals surface area contributed by atoms with Crippen LogP contribution in [0.4, 0.5) is 16.4 Å². The SMILES string of the molecule is Cc1cc2c(s1)Nc1ccccc1N=C2N1CC[NH2+]C(COCc2ccccc2)C1. The van der Waals surface area contributed by atoms with Crippen LogP contribution >= 0.6 is 11.3 Å². The van der Waals surface area contributed by atoms with E-state index < -0.39 is 0 Å². The predicted molar refractivity (Wildman–Crippen MR) is 123 cm³/mol. The van der Waals surface area contributed by atoms with Crippen molar-refractivity contribution in [3.8, 4) is 0 Å². The molecular formula is C24H27N4OS+. The van der Waals surface area contributed by atoms with Crippen molar-refractivity contribution in [1.29, 1.82) is 0 Å². The molecular weight excluding hydrogens is 392 g/mol. The van der Waals surface area contributed by atoms with Crippen LogP contribution in [0.5, 0.6) is 0 Å². The lowest BCUT2D eigenvalue weighted by Gasteiger charge is -2.33. The quantitative estimate of drug-likeness (QED) is 0.679. The average molecular weight is 420 g/mol. The number of fused-ring (bicyclic) bond motifs is 2. The molecule has 5 nitrogen and oxygen atoms in total. The van der Waals surface area contributed by atoms with E-state index in [9.17, 15) is 0 Å². The molecule has 3 aromatic rings. The van der Waals surface area contributed by atoms with E-state index in [-0.39, 0.29) is 0 Å². The zero-order valence-electron chi connectivity index (χ0n) is 17.2. The summed E-state index contributed by atoms with van der Waals surface area (Å²) < 4.78 is 6.04. The van der Waals surface area contributed by atoms with E-state index in [1.807, 2.05) is 6.07 Å². The third-order valence-corrected chi connectivity index (χ3v) is 6.54. The van der Waals surface area contributed by atoms with E-state index in [2.05, 4.69) is 77.1 Å². The fraction of sp³-hybridized carbons (Fsp3) is 0.292. The first-order valence-corrected chi connectivity index (χ1v) is 11.3. The molecule has 2 aliphatic rings. The molecule has 5 rings (SSSR count). The van der Waals surface area contributed by atoms with Gasteiger partial charge in [-0.1, -0.05) is 42.5 Å². The maximum Gasteiger partial charge on any atom is 0.140 e. The number of quaternary nitrogens is 1. The highest BCUT2D eigenvalue weighted by Crippen LogP contribution is 2.39. The summed E-state index contributed by atoms with van der Waals surface area (Å²) in [6.45, 7) is 6.54. The van der Waals surface area contributed by atoms with Gasteiger partial charge in [-0.05, 0) is 30.7 Å². The Balaban J connectivity index is 1.34. The van der Waals surface area contributed by atoms with Gasteiger partial charge in [0.15, 0.2) is 0 Å². The van der Waals surface area contributed by atoms with Gasteiger partial charge in [0.05, 0.1) is 43.2 Å². The Morgan fingerprint density at radius 2 is 2.00 bits per heavy atom. The highest BCUT2D eigenvalue weighted by Gasteiger charge is 2.29. The van der Waals surface area contributed by atoms with Crippen molar-refractivity contribution in [2.24, 2.45) is 4.99 Å². The van der Waals surface area contributed by atoms with E-state index in [1.165, 1.54) is 21.0 Å². The van der Waals surface area contributed by atoms with Gasteiger partial charge in [-0.25, -0.2) is 4.99 Å². The Bertz CT molecular complexity index is 1050. The smallest absolute Gasteiger partial charge is 0.140 e. The Labute approximate surface area is 181 Å². The van der Waals surface area contributed by atoms with Crippen LogP contribution in [-0.4, -0.2) is 43.0 Å². The van der Waals surface area contributed by atoms with Crippen LogP contribution in [0, 0.1) is 6.92 Å². The molecule has 1 atom stereocenters. The number of hydrogen-bond donors (Lipinski definition) is 2. The van der Waals surface area contributed by atoms with Crippen LogP contribution in [0.2, 0.25) is 0 Å². The molecule has 0 saturated carbocycles. The molecule has 3 heterocycles. The summed E-state index contributed by atoms with van der Waals surface area (Å²) in [5.74, 6) is 1.08. The first-order chi connectivity index (χ1) is 14.8. The number of rotatable bonds is 4. The molecule has 1 saturated heterocycles. The minimum absolute atomic E-state index is 0.403. The van der Waals surface area contributed by atoms with Crippen molar-refractivity contribution in [3.63, 3.8) is 0 Å². The number of aliphatic imine (C=N–C) groups is 1. The van der Waals surface area contributed by atoms with Gasteiger partial charge < -0.3 is 20.3 Å². The van der Waals surface area contributed by atoms with Crippen molar-refractivity contribution >= 4 is 33.5 Å². The molecule has 3 N–H and O–H groups in total. The minimum atomic E-state index is 0.403. The van der Waals surface area contributed by atoms with Crippen LogP contribution in [0.3, 0.4) is 0 Å². The van der Waals surface area contributed by atoms with Crippen molar-refractivity contribution in [1.82, 2.24) is 4.90 Å². The number of ether oxygens (including phenoxy) is 1. The molecule has 2 aromatic carbocycles. The van der Waals surface area contributed by atoms with Crippen molar-refractivity contribution in [2.45, 2.75) is 19.6 Å². The molecule has 1 aromatic heterocycles. The number of benzene rings is 2. The summed E-state index contributed by atoms with van der Waals surface area (Å²) in [6.07, 6.45) is 0. The standard InChI is InChI=1S/C24H26N4OS/c1-17-13-20-23(26-21-9-5-6-10-22(21)27-24(20)30-17)28-12-11-25-19(14-28)16-29-15-18-7-3-2-4-8-18/h2-10,13,19,25,27H,11-12,14-16H2,1H3/p+1. The van der Waals surface area contributed by atoms with E-state index in [1.54, 1.807) is 11.3 Å². The third-order valence-electron chi connectivity index (χ3n) is 5.57. The predicted octanol–water partition coefficient (Wildman–Crippen LogP) is 3.66. The number of thiophene rings is 1. The zero-order valence-corrected chi connectivity index (χ0v) is 18.0. The van der Waals surface area contributed by atoms with Crippen LogP contribution in [0.1, 0.15) is 16.0 Å². The summed E-state index contributed by atoms with van der Waals surface area (Å²) in [5, 5.41) is 7.19. The average Bonchev–Trinajstić information content (AvgIpc) is 3.06. The van der Waals surface area contributed by atoms with Gasteiger partial charge in [0.2, 0.25) is 0 Å². The topological polar surface area (TPSA) is 53.5 Å². The second-order valence-electron chi connectivity index (χ2n) is 7.91. The number of nitrogens with two attached hydrogens (primary N) is 1. The molecule has 2 aliphatic heterocycles. The number of hydrogen-bond acceptors (Lipinski definition) is 5. The van der Waals surface area contributed by atoms with E-state index in [0.29, 0.717) is 12.6 Å².